The summed E-state index contributed by atoms with van der Waals surface area (Å²) in [5.74, 6) is -0.237. The van der Waals surface area contributed by atoms with Crippen LogP contribution in [0.25, 0.3) is 0 Å². The van der Waals surface area contributed by atoms with E-state index in [1.165, 1.54) is 16.7 Å². The summed E-state index contributed by atoms with van der Waals surface area (Å²) in [6.07, 6.45) is 7.10. The molecule has 1 N–H and O–H groups in total. The number of ether oxygens (including phenoxy) is 1. The van der Waals surface area contributed by atoms with Gasteiger partial charge >= 0.3 is 0 Å². The number of anilines is 1. The molecule has 0 aliphatic heterocycles. The Balaban J connectivity index is 1.57. The molecule has 50 heavy (non-hydrogen) atoms. The van der Waals surface area contributed by atoms with Crippen LogP contribution in [-0.4, -0.2) is 56.6 Å². The predicted octanol–water partition coefficient (Wildman–Crippen LogP) is 7.74. The van der Waals surface area contributed by atoms with Crippen molar-refractivity contribution in [1.29, 1.82) is 0 Å². The summed E-state index contributed by atoms with van der Waals surface area (Å²) < 4.78 is 35.5. The minimum Gasteiger partial charge on any atom is -0.494 e. The maximum atomic E-state index is 14.8. The molecule has 0 saturated heterocycles. The van der Waals surface area contributed by atoms with Gasteiger partial charge < -0.3 is 15.0 Å². The van der Waals surface area contributed by atoms with Crippen LogP contribution in [0.5, 0.6) is 5.75 Å². The highest BCUT2D eigenvalue weighted by Gasteiger charge is 2.35. The molecular formula is C39H44ClN3O5S2. The van der Waals surface area contributed by atoms with Crippen LogP contribution in [0, 0.1) is 0 Å². The number of benzene rings is 4. The zero-order valence-corrected chi connectivity index (χ0v) is 30.9. The van der Waals surface area contributed by atoms with E-state index < -0.39 is 28.5 Å². The molecule has 11 heteroatoms. The van der Waals surface area contributed by atoms with Crippen LogP contribution in [0.2, 0.25) is 5.02 Å². The highest BCUT2D eigenvalue weighted by molar-refractivity contribution is 7.98. The van der Waals surface area contributed by atoms with Gasteiger partial charge in [-0.3, -0.25) is 13.9 Å². The topological polar surface area (TPSA) is 96.0 Å². The Morgan fingerprint density at radius 1 is 0.900 bits per heavy atom. The number of carbonyl (C=O) groups excluding carboxylic acids is 2. The lowest BCUT2D eigenvalue weighted by molar-refractivity contribution is -0.140. The lowest BCUT2D eigenvalue weighted by Gasteiger charge is -2.35. The Labute approximate surface area is 305 Å². The van der Waals surface area contributed by atoms with Crippen molar-refractivity contribution < 1.29 is 22.7 Å². The maximum Gasteiger partial charge on any atom is 0.264 e. The van der Waals surface area contributed by atoms with Gasteiger partial charge in [-0.15, -0.1) is 11.8 Å². The molecule has 1 aliphatic carbocycles. The summed E-state index contributed by atoms with van der Waals surface area (Å²) in [4.78, 5) is 31.5. The van der Waals surface area contributed by atoms with Crippen molar-refractivity contribution in [2.24, 2.45) is 0 Å². The average Bonchev–Trinajstić information content (AvgIpc) is 3.14. The first kappa shape index (κ1) is 37.3. The normalized spacial score (nSPS) is 14.1. The highest BCUT2D eigenvalue weighted by Crippen LogP contribution is 2.29. The van der Waals surface area contributed by atoms with Gasteiger partial charge in [-0.1, -0.05) is 79.4 Å². The minimum atomic E-state index is -4.23. The van der Waals surface area contributed by atoms with Gasteiger partial charge in [-0.05, 0) is 91.7 Å². The Morgan fingerprint density at radius 2 is 1.56 bits per heavy atom. The number of rotatable bonds is 15. The molecule has 8 nitrogen and oxygen atoms in total. The zero-order valence-electron chi connectivity index (χ0n) is 28.5. The number of hydrogen-bond donors (Lipinski definition) is 1. The van der Waals surface area contributed by atoms with E-state index >= 15 is 0 Å². The van der Waals surface area contributed by atoms with Crippen LogP contribution in [0.4, 0.5) is 5.69 Å². The number of carbonyl (C=O) groups is 2. The van der Waals surface area contributed by atoms with E-state index in [9.17, 15) is 18.0 Å². The third kappa shape index (κ3) is 9.62. The molecule has 0 aromatic heterocycles. The van der Waals surface area contributed by atoms with Crippen molar-refractivity contribution >= 4 is 50.9 Å². The van der Waals surface area contributed by atoms with Crippen molar-refractivity contribution in [3.8, 4) is 5.75 Å². The first-order valence-corrected chi connectivity index (χ1v) is 20.0. The molecule has 1 aliphatic rings. The first-order chi connectivity index (χ1) is 24.2. The lowest BCUT2D eigenvalue weighted by Crippen LogP contribution is -2.55. The minimum absolute atomic E-state index is 0.00762. The van der Waals surface area contributed by atoms with Crippen LogP contribution in [0.1, 0.15) is 50.2 Å². The zero-order chi connectivity index (χ0) is 35.5. The highest BCUT2D eigenvalue weighted by atomic mass is 35.5. The molecule has 4 aromatic carbocycles. The van der Waals surface area contributed by atoms with Crippen LogP contribution in [-0.2, 0) is 32.6 Å². The fourth-order valence-corrected chi connectivity index (χ4v) is 8.21. The smallest absolute Gasteiger partial charge is 0.264 e. The van der Waals surface area contributed by atoms with E-state index in [-0.39, 0.29) is 29.8 Å². The molecular weight excluding hydrogens is 690 g/mol. The Hall–Kier alpha value is -3.99. The van der Waals surface area contributed by atoms with E-state index in [2.05, 4.69) is 5.32 Å². The van der Waals surface area contributed by atoms with Crippen molar-refractivity contribution in [2.75, 3.05) is 23.7 Å². The summed E-state index contributed by atoms with van der Waals surface area (Å²) in [6.45, 7) is 1.77. The van der Waals surface area contributed by atoms with E-state index in [0.717, 1.165) is 46.9 Å². The number of amides is 2. The summed E-state index contributed by atoms with van der Waals surface area (Å²) in [5, 5.41) is 3.68. The number of hydrogen-bond acceptors (Lipinski definition) is 6. The Kier molecular flexibility index (Phi) is 13.3. The predicted molar refractivity (Wildman–Crippen MR) is 201 cm³/mol. The van der Waals surface area contributed by atoms with Gasteiger partial charge in [0, 0.05) is 28.9 Å². The summed E-state index contributed by atoms with van der Waals surface area (Å²) in [6, 6.07) is 29.0. The largest absolute Gasteiger partial charge is 0.494 e. The summed E-state index contributed by atoms with van der Waals surface area (Å²) in [5.41, 5.74) is 1.81. The fourth-order valence-electron chi connectivity index (χ4n) is 6.19. The second-order valence-electron chi connectivity index (χ2n) is 12.3. The molecule has 0 bridgehead atoms. The molecule has 264 valence electrons. The van der Waals surface area contributed by atoms with E-state index in [0.29, 0.717) is 28.6 Å². The third-order valence-corrected chi connectivity index (χ3v) is 11.8. The SMILES string of the molecule is CCOc1ccc(N(CC(=O)N(Cc2ccccc2Cl)C(Cc2ccccc2)C(=O)NC2CCCCC2)S(=O)(=O)c2ccc(SC)cc2)cc1. The van der Waals surface area contributed by atoms with Crippen LogP contribution >= 0.6 is 23.4 Å². The van der Waals surface area contributed by atoms with Gasteiger partial charge in [-0.2, -0.15) is 0 Å². The number of thioether (sulfide) groups is 1. The number of nitrogens with one attached hydrogen (secondary N) is 1. The Morgan fingerprint density at radius 3 is 2.20 bits per heavy atom. The van der Waals surface area contributed by atoms with E-state index in [1.807, 2.05) is 55.6 Å². The quantitative estimate of drug-likeness (QED) is 0.126. The molecule has 1 saturated carbocycles. The van der Waals surface area contributed by atoms with Gasteiger partial charge in [0.2, 0.25) is 11.8 Å². The van der Waals surface area contributed by atoms with Crippen molar-refractivity contribution in [2.45, 2.75) is 73.9 Å². The lowest BCUT2D eigenvalue weighted by atomic mass is 9.94. The van der Waals surface area contributed by atoms with Crippen LogP contribution in [0.15, 0.2) is 113 Å². The first-order valence-electron chi connectivity index (χ1n) is 17.0. The number of halogens is 1. The van der Waals surface area contributed by atoms with Gasteiger partial charge in [0.05, 0.1) is 17.2 Å². The fraction of sp³-hybridized carbons (Fsp3) is 0.333. The van der Waals surface area contributed by atoms with Crippen molar-refractivity contribution in [3.63, 3.8) is 0 Å². The molecule has 2 amide bonds. The van der Waals surface area contributed by atoms with Crippen LogP contribution < -0.4 is 14.4 Å². The molecule has 4 aromatic rings. The number of nitrogens with zero attached hydrogens (tertiary/aromatic N) is 2. The van der Waals surface area contributed by atoms with Crippen molar-refractivity contribution in [1.82, 2.24) is 10.2 Å². The monoisotopic (exact) mass is 733 g/mol. The molecule has 0 heterocycles. The third-order valence-electron chi connectivity index (χ3n) is 8.88. The molecule has 1 atom stereocenters. The van der Waals surface area contributed by atoms with Crippen molar-refractivity contribution in [3.05, 3.63) is 119 Å². The summed E-state index contributed by atoms with van der Waals surface area (Å²) >= 11 is 8.14. The van der Waals surface area contributed by atoms with Gasteiger partial charge in [0.15, 0.2) is 0 Å². The molecule has 5 rings (SSSR count). The number of sulfonamides is 1. The average molecular weight is 734 g/mol. The Bertz CT molecular complexity index is 1820. The maximum absolute atomic E-state index is 14.8. The second kappa shape index (κ2) is 17.8. The van der Waals surface area contributed by atoms with E-state index in [1.54, 1.807) is 60.7 Å². The standard InChI is InChI=1S/C39H44ClN3O5S2/c1-3-48-33-20-18-32(19-21-33)43(50(46,47)35-24-22-34(49-2)23-25-35)28-38(44)42(27-30-14-10-11-17-36(30)40)37(26-29-12-6-4-7-13-29)39(45)41-31-15-8-5-9-16-31/h4,6-7,10-14,17-25,31,37H,3,5,8-9,15-16,26-28H2,1-2H3,(H,41,45). The molecule has 0 spiro atoms. The molecule has 0 radical (unpaired) electrons. The van der Waals surface area contributed by atoms with Gasteiger partial charge in [0.1, 0.15) is 18.3 Å². The van der Waals surface area contributed by atoms with Gasteiger partial charge in [-0.25, -0.2) is 8.42 Å². The molecule has 1 unspecified atom stereocenters. The second-order valence-corrected chi connectivity index (χ2v) is 15.4. The van der Waals surface area contributed by atoms with Gasteiger partial charge in [0.25, 0.3) is 10.0 Å². The summed E-state index contributed by atoms with van der Waals surface area (Å²) in [7, 11) is -4.23. The molecule has 1 fully saturated rings. The van der Waals surface area contributed by atoms with Crippen LogP contribution in [0.3, 0.4) is 0 Å². The van der Waals surface area contributed by atoms with E-state index in [4.69, 9.17) is 16.3 Å².